The van der Waals surface area contributed by atoms with Gasteiger partial charge in [-0.2, -0.15) is 0 Å². The van der Waals surface area contributed by atoms with Gasteiger partial charge in [-0.15, -0.1) is 0 Å². The SMILES string of the molecule is C1CCNC1.COc1cncc(N2CCC(CCO)C2)c1. The van der Waals surface area contributed by atoms with Crippen molar-refractivity contribution in [1.29, 1.82) is 0 Å². The van der Waals surface area contributed by atoms with Crippen molar-refractivity contribution in [1.82, 2.24) is 10.3 Å². The summed E-state index contributed by atoms with van der Waals surface area (Å²) in [5.41, 5.74) is 1.11. The lowest BCUT2D eigenvalue weighted by atomic mass is 10.1. The van der Waals surface area contributed by atoms with Crippen molar-refractivity contribution >= 4 is 5.69 Å². The number of aliphatic hydroxyl groups is 1. The second-order valence-corrected chi connectivity index (χ2v) is 5.65. The molecule has 0 spiro atoms. The number of pyridine rings is 1. The molecule has 21 heavy (non-hydrogen) atoms. The van der Waals surface area contributed by atoms with Crippen LogP contribution in [0.2, 0.25) is 0 Å². The first kappa shape index (κ1) is 16.0. The zero-order chi connectivity index (χ0) is 14.9. The van der Waals surface area contributed by atoms with Crippen molar-refractivity contribution in [2.45, 2.75) is 25.7 Å². The Morgan fingerprint density at radius 3 is 2.81 bits per heavy atom. The van der Waals surface area contributed by atoms with Crippen molar-refractivity contribution in [3.63, 3.8) is 0 Å². The summed E-state index contributed by atoms with van der Waals surface area (Å²) < 4.78 is 5.16. The molecule has 1 atom stereocenters. The van der Waals surface area contributed by atoms with Crippen LogP contribution in [-0.4, -0.2) is 50.0 Å². The summed E-state index contributed by atoms with van der Waals surface area (Å²) in [6, 6.07) is 2.01. The van der Waals surface area contributed by atoms with Gasteiger partial charge in [0.1, 0.15) is 5.75 Å². The van der Waals surface area contributed by atoms with E-state index in [2.05, 4.69) is 15.2 Å². The fraction of sp³-hybridized carbons (Fsp3) is 0.688. The fourth-order valence-electron chi connectivity index (χ4n) is 2.80. The van der Waals surface area contributed by atoms with Gasteiger partial charge in [0, 0.05) is 25.8 Å². The van der Waals surface area contributed by atoms with E-state index in [0.29, 0.717) is 5.92 Å². The lowest BCUT2D eigenvalue weighted by molar-refractivity contribution is 0.263. The highest BCUT2D eigenvalue weighted by atomic mass is 16.5. The molecule has 1 aromatic rings. The van der Waals surface area contributed by atoms with Gasteiger partial charge in [0.05, 0.1) is 25.2 Å². The first-order valence-electron chi connectivity index (χ1n) is 7.89. The number of methoxy groups -OCH3 is 1. The van der Waals surface area contributed by atoms with E-state index < -0.39 is 0 Å². The predicted molar refractivity (Wildman–Crippen MR) is 84.9 cm³/mol. The lowest BCUT2D eigenvalue weighted by Crippen LogP contribution is -2.20. The highest BCUT2D eigenvalue weighted by Gasteiger charge is 2.22. The smallest absolute Gasteiger partial charge is 0.139 e. The molecule has 0 radical (unpaired) electrons. The minimum Gasteiger partial charge on any atom is -0.495 e. The van der Waals surface area contributed by atoms with Crippen LogP contribution in [0.5, 0.6) is 5.75 Å². The third kappa shape index (κ3) is 5.17. The molecule has 3 heterocycles. The Hall–Kier alpha value is -1.33. The fourth-order valence-corrected chi connectivity index (χ4v) is 2.80. The summed E-state index contributed by atoms with van der Waals surface area (Å²) in [4.78, 5) is 6.46. The van der Waals surface area contributed by atoms with E-state index in [1.165, 1.54) is 25.9 Å². The van der Waals surface area contributed by atoms with Crippen molar-refractivity contribution in [2.75, 3.05) is 44.8 Å². The number of anilines is 1. The molecular formula is C16H27N3O2. The number of nitrogens with zero attached hydrogens (tertiary/aromatic N) is 2. The summed E-state index contributed by atoms with van der Waals surface area (Å²) in [7, 11) is 1.65. The summed E-state index contributed by atoms with van der Waals surface area (Å²) in [6.07, 6.45) is 8.40. The normalized spacial score (nSPS) is 21.0. The topological polar surface area (TPSA) is 57.6 Å². The quantitative estimate of drug-likeness (QED) is 0.884. The number of rotatable bonds is 4. The Morgan fingerprint density at radius 2 is 2.19 bits per heavy atom. The van der Waals surface area contributed by atoms with Gasteiger partial charge in [-0.25, -0.2) is 0 Å². The molecule has 2 N–H and O–H groups in total. The van der Waals surface area contributed by atoms with E-state index in [9.17, 15) is 0 Å². The van der Waals surface area contributed by atoms with Crippen LogP contribution in [0.15, 0.2) is 18.5 Å². The number of aliphatic hydroxyl groups excluding tert-OH is 1. The van der Waals surface area contributed by atoms with E-state index in [1.807, 2.05) is 12.3 Å². The average molecular weight is 293 g/mol. The number of ether oxygens (including phenoxy) is 1. The van der Waals surface area contributed by atoms with Crippen LogP contribution < -0.4 is 15.0 Å². The molecule has 118 valence electrons. The van der Waals surface area contributed by atoms with Gasteiger partial charge in [0.25, 0.3) is 0 Å². The summed E-state index contributed by atoms with van der Waals surface area (Å²) in [6.45, 7) is 4.84. The summed E-state index contributed by atoms with van der Waals surface area (Å²) in [5, 5.41) is 12.1. The molecule has 0 aliphatic carbocycles. The largest absolute Gasteiger partial charge is 0.495 e. The highest BCUT2D eigenvalue weighted by Crippen LogP contribution is 2.27. The van der Waals surface area contributed by atoms with Crippen LogP contribution in [0, 0.1) is 5.92 Å². The van der Waals surface area contributed by atoms with Crippen LogP contribution in [0.1, 0.15) is 25.7 Å². The molecule has 2 saturated heterocycles. The third-order valence-electron chi connectivity index (χ3n) is 4.08. The van der Waals surface area contributed by atoms with E-state index in [1.54, 1.807) is 13.3 Å². The van der Waals surface area contributed by atoms with Crippen LogP contribution >= 0.6 is 0 Å². The van der Waals surface area contributed by atoms with E-state index in [4.69, 9.17) is 9.84 Å². The van der Waals surface area contributed by atoms with Crippen molar-refractivity contribution in [3.8, 4) is 5.75 Å². The molecule has 0 amide bonds. The maximum Gasteiger partial charge on any atom is 0.139 e. The van der Waals surface area contributed by atoms with Crippen LogP contribution in [-0.2, 0) is 0 Å². The maximum absolute atomic E-state index is 8.91. The molecule has 0 bridgehead atoms. The monoisotopic (exact) mass is 293 g/mol. The average Bonchev–Trinajstić information content (AvgIpc) is 3.22. The molecule has 2 aliphatic rings. The molecule has 5 nitrogen and oxygen atoms in total. The Balaban J connectivity index is 0.000000272. The Bertz CT molecular complexity index is 403. The Labute approximate surface area is 127 Å². The molecule has 2 fully saturated rings. The second kappa shape index (κ2) is 8.85. The number of hydrogen-bond donors (Lipinski definition) is 2. The summed E-state index contributed by atoms with van der Waals surface area (Å²) in [5.74, 6) is 1.40. The second-order valence-electron chi connectivity index (χ2n) is 5.65. The summed E-state index contributed by atoms with van der Waals surface area (Å²) >= 11 is 0. The standard InChI is InChI=1S/C12H18N2O2.C4H9N/c1-16-12-6-11(7-13-8-12)14-4-2-10(9-14)3-5-15;1-2-4-5-3-1/h6-8,10,15H,2-5,9H2,1H3;5H,1-4H2. The molecule has 0 saturated carbocycles. The van der Waals surface area contributed by atoms with Gasteiger partial charge < -0.3 is 20.1 Å². The molecule has 1 unspecified atom stereocenters. The first-order chi connectivity index (χ1) is 10.3. The van der Waals surface area contributed by atoms with Crippen LogP contribution in [0.3, 0.4) is 0 Å². The minimum atomic E-state index is 0.287. The van der Waals surface area contributed by atoms with Gasteiger partial charge in [0.2, 0.25) is 0 Å². The van der Waals surface area contributed by atoms with E-state index >= 15 is 0 Å². The molecule has 5 heteroatoms. The van der Waals surface area contributed by atoms with Crippen LogP contribution in [0.25, 0.3) is 0 Å². The zero-order valence-electron chi connectivity index (χ0n) is 12.9. The lowest BCUT2D eigenvalue weighted by Gasteiger charge is -2.18. The van der Waals surface area contributed by atoms with Gasteiger partial charge in [-0.05, 0) is 44.7 Å². The van der Waals surface area contributed by atoms with E-state index in [-0.39, 0.29) is 6.61 Å². The van der Waals surface area contributed by atoms with Gasteiger partial charge in [0.15, 0.2) is 0 Å². The predicted octanol–water partition coefficient (Wildman–Crippen LogP) is 1.67. The third-order valence-corrected chi connectivity index (χ3v) is 4.08. The first-order valence-corrected chi connectivity index (χ1v) is 7.89. The van der Waals surface area contributed by atoms with Crippen molar-refractivity contribution in [2.24, 2.45) is 5.92 Å². The zero-order valence-corrected chi connectivity index (χ0v) is 12.9. The Morgan fingerprint density at radius 1 is 1.38 bits per heavy atom. The minimum absolute atomic E-state index is 0.287. The molecule has 2 aliphatic heterocycles. The molecule has 1 aromatic heterocycles. The van der Waals surface area contributed by atoms with E-state index in [0.717, 1.165) is 37.4 Å². The van der Waals surface area contributed by atoms with Crippen molar-refractivity contribution in [3.05, 3.63) is 18.5 Å². The Kier molecular flexibility index (Phi) is 6.76. The highest BCUT2D eigenvalue weighted by molar-refractivity contribution is 5.48. The molecular weight excluding hydrogens is 266 g/mol. The number of aromatic nitrogens is 1. The molecule has 3 rings (SSSR count). The van der Waals surface area contributed by atoms with Gasteiger partial charge in [-0.3, -0.25) is 4.98 Å². The maximum atomic E-state index is 8.91. The number of nitrogens with one attached hydrogen (secondary N) is 1. The van der Waals surface area contributed by atoms with Gasteiger partial charge in [-0.1, -0.05) is 0 Å². The van der Waals surface area contributed by atoms with Gasteiger partial charge >= 0.3 is 0 Å². The van der Waals surface area contributed by atoms with Crippen molar-refractivity contribution < 1.29 is 9.84 Å². The molecule has 0 aromatic carbocycles. The van der Waals surface area contributed by atoms with Crippen LogP contribution in [0.4, 0.5) is 5.69 Å². The number of hydrogen-bond acceptors (Lipinski definition) is 5.